The zero-order valence-corrected chi connectivity index (χ0v) is 18.2. The Labute approximate surface area is 176 Å². The minimum atomic E-state index is -3.16. The Morgan fingerprint density at radius 1 is 1.27 bits per heavy atom. The molecule has 1 aromatic carbocycles. The number of nitrogens with one attached hydrogen (secondary N) is 1. The molecule has 4 amide bonds. The number of amides is 4. The van der Waals surface area contributed by atoms with Crippen LogP contribution in [0.4, 0.5) is 10.5 Å². The minimum Gasteiger partial charge on any atom is -0.383 e. The van der Waals surface area contributed by atoms with Gasteiger partial charge in [-0.2, -0.15) is 0 Å². The Balaban J connectivity index is 1.77. The van der Waals surface area contributed by atoms with Crippen molar-refractivity contribution in [3.05, 3.63) is 29.3 Å². The van der Waals surface area contributed by atoms with Crippen LogP contribution >= 0.6 is 0 Å². The third-order valence-electron chi connectivity index (χ3n) is 5.22. The van der Waals surface area contributed by atoms with Crippen LogP contribution in [0.1, 0.15) is 41.0 Å². The second-order valence-corrected chi connectivity index (χ2v) is 10.3. The summed E-state index contributed by atoms with van der Waals surface area (Å²) in [5.41, 5.74) is 0.941. The lowest BCUT2D eigenvalue weighted by atomic mass is 10.1. The van der Waals surface area contributed by atoms with Crippen molar-refractivity contribution in [3.63, 3.8) is 0 Å². The predicted molar refractivity (Wildman–Crippen MR) is 111 cm³/mol. The highest BCUT2D eigenvalue weighted by atomic mass is 32.2. The zero-order valence-electron chi connectivity index (χ0n) is 17.4. The average molecular weight is 438 g/mol. The van der Waals surface area contributed by atoms with Crippen LogP contribution in [-0.2, 0) is 14.6 Å². The van der Waals surface area contributed by atoms with Gasteiger partial charge in [-0.15, -0.1) is 0 Å². The molecule has 1 N–H and O–H groups in total. The molecule has 0 aromatic heterocycles. The van der Waals surface area contributed by atoms with Crippen molar-refractivity contribution in [3.8, 4) is 0 Å². The summed E-state index contributed by atoms with van der Waals surface area (Å²) >= 11 is 0. The van der Waals surface area contributed by atoms with Crippen LogP contribution in [0.3, 0.4) is 0 Å². The molecule has 3 rings (SSSR count). The molecule has 0 radical (unpaired) electrons. The molecule has 164 valence electrons. The molecule has 0 spiro atoms. The SMILES string of the molecule is COCCN(C(=O)Nc1ccc2c(c1)C(=O)N(CC(C)C)C2=O)C1CCS(=O)(=O)C1. The number of hydrogen-bond donors (Lipinski definition) is 1. The number of sulfone groups is 1. The predicted octanol–water partition coefficient (Wildman–Crippen LogP) is 1.61. The highest BCUT2D eigenvalue weighted by Gasteiger charge is 2.37. The van der Waals surface area contributed by atoms with Gasteiger partial charge >= 0.3 is 6.03 Å². The van der Waals surface area contributed by atoms with Gasteiger partial charge in [0.05, 0.1) is 29.2 Å². The summed E-state index contributed by atoms with van der Waals surface area (Å²) < 4.78 is 28.7. The van der Waals surface area contributed by atoms with E-state index in [9.17, 15) is 22.8 Å². The number of ether oxygens (including phenoxy) is 1. The summed E-state index contributed by atoms with van der Waals surface area (Å²) in [7, 11) is -1.65. The molecule has 0 aliphatic carbocycles. The summed E-state index contributed by atoms with van der Waals surface area (Å²) in [5.74, 6) is -0.595. The number of nitrogens with zero attached hydrogens (tertiary/aromatic N) is 2. The van der Waals surface area contributed by atoms with Gasteiger partial charge < -0.3 is 15.0 Å². The van der Waals surface area contributed by atoms with Crippen LogP contribution in [0.25, 0.3) is 0 Å². The molecular formula is C20H27N3O6S. The minimum absolute atomic E-state index is 0.0512. The maximum absolute atomic E-state index is 12.9. The van der Waals surface area contributed by atoms with E-state index in [-0.39, 0.29) is 48.0 Å². The van der Waals surface area contributed by atoms with E-state index in [4.69, 9.17) is 4.74 Å². The molecule has 0 bridgehead atoms. The topological polar surface area (TPSA) is 113 Å². The Bertz CT molecular complexity index is 959. The first kappa shape index (κ1) is 22.2. The Hall–Kier alpha value is -2.46. The van der Waals surface area contributed by atoms with Gasteiger partial charge in [0, 0.05) is 31.9 Å². The summed E-state index contributed by atoms with van der Waals surface area (Å²) in [6.45, 7) is 4.69. The van der Waals surface area contributed by atoms with Crippen molar-refractivity contribution in [2.45, 2.75) is 26.3 Å². The van der Waals surface area contributed by atoms with Gasteiger partial charge in [-0.05, 0) is 30.5 Å². The summed E-state index contributed by atoms with van der Waals surface area (Å²) in [6, 6.07) is 3.70. The monoisotopic (exact) mass is 437 g/mol. The molecular weight excluding hydrogens is 410 g/mol. The number of fused-ring (bicyclic) bond motifs is 1. The number of rotatable bonds is 7. The lowest BCUT2D eigenvalue weighted by molar-refractivity contribution is 0.0636. The normalized spacial score (nSPS) is 20.0. The van der Waals surface area contributed by atoms with Gasteiger partial charge in [-0.25, -0.2) is 13.2 Å². The fraction of sp³-hybridized carbons (Fsp3) is 0.550. The van der Waals surface area contributed by atoms with Gasteiger partial charge in [-0.1, -0.05) is 13.8 Å². The third kappa shape index (κ3) is 4.65. The first-order valence-corrected chi connectivity index (χ1v) is 11.7. The van der Waals surface area contributed by atoms with Crippen molar-refractivity contribution in [2.75, 3.05) is 43.6 Å². The number of imide groups is 1. The fourth-order valence-corrected chi connectivity index (χ4v) is 5.49. The molecule has 2 aliphatic rings. The second kappa shape index (κ2) is 8.73. The summed E-state index contributed by atoms with van der Waals surface area (Å²) in [4.78, 5) is 40.7. The lowest BCUT2D eigenvalue weighted by Gasteiger charge is -2.28. The van der Waals surface area contributed by atoms with Crippen LogP contribution < -0.4 is 5.32 Å². The number of anilines is 1. The average Bonchev–Trinajstić information content (AvgIpc) is 3.14. The molecule has 10 heteroatoms. The van der Waals surface area contributed by atoms with Crippen LogP contribution in [-0.4, -0.2) is 80.4 Å². The Morgan fingerprint density at radius 3 is 2.57 bits per heavy atom. The number of hydrogen-bond acceptors (Lipinski definition) is 6. The zero-order chi connectivity index (χ0) is 22.1. The first-order chi connectivity index (χ1) is 14.1. The highest BCUT2D eigenvalue weighted by Crippen LogP contribution is 2.27. The van der Waals surface area contributed by atoms with Crippen molar-refractivity contribution in [1.29, 1.82) is 0 Å². The fourth-order valence-electron chi connectivity index (χ4n) is 3.76. The van der Waals surface area contributed by atoms with Crippen molar-refractivity contribution >= 4 is 33.4 Å². The third-order valence-corrected chi connectivity index (χ3v) is 6.97. The Kier molecular flexibility index (Phi) is 6.47. The standard InChI is InChI=1S/C20H27N3O6S/c1-13(2)11-23-18(24)16-5-4-14(10-17(16)19(23)25)21-20(26)22(7-8-29-3)15-6-9-30(27,28)12-15/h4-5,10,13,15H,6-9,11-12H2,1-3H3,(H,21,26). The Morgan fingerprint density at radius 2 is 1.97 bits per heavy atom. The van der Waals surface area contributed by atoms with E-state index in [0.717, 1.165) is 0 Å². The number of benzene rings is 1. The van der Waals surface area contributed by atoms with E-state index in [0.29, 0.717) is 24.2 Å². The second-order valence-electron chi connectivity index (χ2n) is 8.05. The molecule has 1 atom stereocenters. The summed E-state index contributed by atoms with van der Waals surface area (Å²) in [5, 5.41) is 2.73. The highest BCUT2D eigenvalue weighted by molar-refractivity contribution is 7.91. The van der Waals surface area contributed by atoms with Gasteiger partial charge in [-0.3, -0.25) is 14.5 Å². The smallest absolute Gasteiger partial charge is 0.322 e. The molecule has 2 heterocycles. The molecule has 9 nitrogen and oxygen atoms in total. The lowest BCUT2D eigenvalue weighted by Crippen LogP contribution is -2.45. The first-order valence-electron chi connectivity index (χ1n) is 9.90. The van der Waals surface area contributed by atoms with Crippen molar-refractivity contribution in [2.24, 2.45) is 5.92 Å². The van der Waals surface area contributed by atoms with E-state index in [1.807, 2.05) is 13.8 Å². The van der Waals surface area contributed by atoms with Crippen LogP contribution in [0.5, 0.6) is 0 Å². The number of carbonyl (C=O) groups excluding carboxylic acids is 3. The van der Waals surface area contributed by atoms with Crippen LogP contribution in [0.15, 0.2) is 18.2 Å². The van der Waals surface area contributed by atoms with E-state index in [1.54, 1.807) is 6.07 Å². The quantitative estimate of drug-likeness (QED) is 0.649. The number of methoxy groups -OCH3 is 1. The number of carbonyl (C=O) groups is 3. The van der Waals surface area contributed by atoms with E-state index < -0.39 is 21.9 Å². The summed E-state index contributed by atoms with van der Waals surface area (Å²) in [6.07, 6.45) is 0.376. The van der Waals surface area contributed by atoms with Crippen LogP contribution in [0, 0.1) is 5.92 Å². The van der Waals surface area contributed by atoms with Gasteiger partial charge in [0.2, 0.25) is 0 Å². The van der Waals surface area contributed by atoms with E-state index in [2.05, 4.69) is 5.32 Å². The molecule has 1 unspecified atom stereocenters. The van der Waals surface area contributed by atoms with E-state index >= 15 is 0 Å². The van der Waals surface area contributed by atoms with Gasteiger partial charge in [0.1, 0.15) is 0 Å². The molecule has 30 heavy (non-hydrogen) atoms. The van der Waals surface area contributed by atoms with Crippen molar-refractivity contribution < 1.29 is 27.5 Å². The molecule has 1 aromatic rings. The number of urea groups is 1. The van der Waals surface area contributed by atoms with Crippen molar-refractivity contribution in [1.82, 2.24) is 9.80 Å². The molecule has 1 saturated heterocycles. The van der Waals surface area contributed by atoms with Gasteiger partial charge in [0.15, 0.2) is 9.84 Å². The molecule has 0 saturated carbocycles. The molecule has 1 fully saturated rings. The van der Waals surface area contributed by atoms with Gasteiger partial charge in [0.25, 0.3) is 11.8 Å². The van der Waals surface area contributed by atoms with Crippen LogP contribution in [0.2, 0.25) is 0 Å². The van der Waals surface area contributed by atoms with E-state index in [1.165, 1.54) is 29.0 Å². The maximum atomic E-state index is 12.9. The largest absolute Gasteiger partial charge is 0.383 e. The maximum Gasteiger partial charge on any atom is 0.322 e. The molecule has 2 aliphatic heterocycles.